The molecule has 3 heterocycles. The van der Waals surface area contributed by atoms with Crippen LogP contribution in [0.25, 0.3) is 21.9 Å². The van der Waals surface area contributed by atoms with Crippen LogP contribution in [-0.2, 0) is 0 Å². The highest BCUT2D eigenvalue weighted by Gasteiger charge is 2.18. The molecule has 0 spiro atoms. The maximum Gasteiger partial charge on any atom is 0.253 e. The monoisotopic (exact) mass is 353 g/mol. The minimum atomic E-state index is -0.461. The van der Waals surface area contributed by atoms with E-state index in [-0.39, 0.29) is 17.6 Å². The van der Waals surface area contributed by atoms with Crippen molar-refractivity contribution in [2.45, 2.75) is 19.9 Å². The standard InChI is InChI=1S/C17H16FN7O/c1-8(2)23-17(26)10-6-19-15-14(10)16(21-7-20-15)24-13-3-9-5-22-25-12(9)4-11(13)18/h3-8H,1-2H3,(H,22,25)(H,23,26)(H2,19,20,21,24). The summed E-state index contributed by atoms with van der Waals surface area (Å²) in [5, 5.41) is 13.7. The minimum absolute atomic E-state index is 0.0190. The number of hydrogen-bond acceptors (Lipinski definition) is 5. The van der Waals surface area contributed by atoms with E-state index in [2.05, 4.69) is 35.8 Å². The fraction of sp³-hybridized carbons (Fsp3) is 0.176. The molecule has 4 aromatic rings. The molecule has 0 saturated carbocycles. The summed E-state index contributed by atoms with van der Waals surface area (Å²) in [5.41, 5.74) is 1.71. The molecule has 3 aromatic heterocycles. The number of rotatable bonds is 4. The third-order valence-electron chi connectivity index (χ3n) is 3.92. The molecule has 0 aliphatic heterocycles. The van der Waals surface area contributed by atoms with Crippen molar-refractivity contribution in [1.29, 1.82) is 0 Å². The van der Waals surface area contributed by atoms with Crippen LogP contribution < -0.4 is 10.6 Å². The van der Waals surface area contributed by atoms with Crippen LogP contribution in [0.1, 0.15) is 24.2 Å². The van der Waals surface area contributed by atoms with Gasteiger partial charge in [0.2, 0.25) is 0 Å². The summed E-state index contributed by atoms with van der Waals surface area (Å²) < 4.78 is 14.4. The molecule has 9 heteroatoms. The molecule has 26 heavy (non-hydrogen) atoms. The topological polar surface area (TPSA) is 111 Å². The van der Waals surface area contributed by atoms with E-state index in [0.29, 0.717) is 27.9 Å². The quantitative estimate of drug-likeness (QED) is 0.451. The van der Waals surface area contributed by atoms with E-state index in [1.165, 1.54) is 12.4 Å². The molecular formula is C17H16FN7O. The van der Waals surface area contributed by atoms with E-state index >= 15 is 0 Å². The van der Waals surface area contributed by atoms with Gasteiger partial charge in [-0.2, -0.15) is 5.10 Å². The summed E-state index contributed by atoms with van der Waals surface area (Å²) in [4.78, 5) is 23.7. The first-order chi connectivity index (χ1) is 12.5. The van der Waals surface area contributed by atoms with Gasteiger partial charge in [0, 0.05) is 23.7 Å². The predicted octanol–water partition coefficient (Wildman–Crippen LogP) is 2.86. The number of carbonyl (C=O) groups excluding carboxylic acids is 1. The zero-order chi connectivity index (χ0) is 18.3. The summed E-state index contributed by atoms with van der Waals surface area (Å²) in [6.45, 7) is 3.75. The molecule has 0 radical (unpaired) electrons. The SMILES string of the molecule is CC(C)NC(=O)c1c[nH]c2ncnc(Nc3cc4cn[nH]c4cc3F)c12. The van der Waals surface area contributed by atoms with Gasteiger partial charge in [-0.05, 0) is 19.9 Å². The molecule has 0 aliphatic carbocycles. The Balaban J connectivity index is 1.79. The second-order valence-electron chi connectivity index (χ2n) is 6.19. The first kappa shape index (κ1) is 16.0. The number of carbonyl (C=O) groups is 1. The van der Waals surface area contributed by atoms with E-state index in [1.807, 2.05) is 13.8 Å². The van der Waals surface area contributed by atoms with Crippen LogP contribution in [0, 0.1) is 5.82 Å². The van der Waals surface area contributed by atoms with Crippen molar-refractivity contribution in [3.63, 3.8) is 0 Å². The third kappa shape index (κ3) is 2.73. The van der Waals surface area contributed by atoms with Gasteiger partial charge < -0.3 is 15.6 Å². The van der Waals surface area contributed by atoms with Crippen molar-refractivity contribution in [1.82, 2.24) is 30.5 Å². The van der Waals surface area contributed by atoms with Crippen molar-refractivity contribution in [2.24, 2.45) is 0 Å². The number of benzene rings is 1. The van der Waals surface area contributed by atoms with Crippen molar-refractivity contribution in [2.75, 3.05) is 5.32 Å². The van der Waals surface area contributed by atoms with Crippen LogP contribution in [0.3, 0.4) is 0 Å². The largest absolute Gasteiger partial charge is 0.350 e. The van der Waals surface area contributed by atoms with Gasteiger partial charge >= 0.3 is 0 Å². The maximum absolute atomic E-state index is 14.4. The Kier molecular flexibility index (Phi) is 3.76. The van der Waals surface area contributed by atoms with Crippen LogP contribution in [-0.4, -0.2) is 37.1 Å². The number of hydrogen-bond donors (Lipinski definition) is 4. The number of H-pyrrole nitrogens is 2. The highest BCUT2D eigenvalue weighted by atomic mass is 19.1. The predicted molar refractivity (Wildman–Crippen MR) is 95.8 cm³/mol. The molecule has 0 bridgehead atoms. The second kappa shape index (κ2) is 6.10. The van der Waals surface area contributed by atoms with Crippen LogP contribution in [0.2, 0.25) is 0 Å². The van der Waals surface area contributed by atoms with Gasteiger partial charge in [0.15, 0.2) is 0 Å². The number of aromatic nitrogens is 5. The maximum atomic E-state index is 14.4. The fourth-order valence-corrected chi connectivity index (χ4v) is 2.76. The normalized spacial score (nSPS) is 11.4. The Labute approximate surface area is 147 Å². The number of nitrogens with zero attached hydrogens (tertiary/aromatic N) is 3. The lowest BCUT2D eigenvalue weighted by Crippen LogP contribution is -2.30. The highest BCUT2D eigenvalue weighted by molar-refractivity contribution is 6.10. The summed E-state index contributed by atoms with van der Waals surface area (Å²) >= 11 is 0. The number of fused-ring (bicyclic) bond motifs is 2. The Bertz CT molecular complexity index is 1110. The molecule has 4 rings (SSSR count). The van der Waals surface area contributed by atoms with Crippen LogP contribution in [0.5, 0.6) is 0 Å². The van der Waals surface area contributed by atoms with Gasteiger partial charge in [0.25, 0.3) is 5.91 Å². The zero-order valence-corrected chi connectivity index (χ0v) is 14.1. The van der Waals surface area contributed by atoms with E-state index in [0.717, 1.165) is 5.39 Å². The summed E-state index contributed by atoms with van der Waals surface area (Å²) in [6, 6.07) is 2.96. The molecule has 0 atom stereocenters. The number of aromatic amines is 2. The molecule has 8 nitrogen and oxygen atoms in total. The Hall–Kier alpha value is -3.49. The van der Waals surface area contributed by atoms with Gasteiger partial charge in [-0.25, -0.2) is 14.4 Å². The average molecular weight is 353 g/mol. The molecule has 0 unspecified atom stereocenters. The molecule has 0 fully saturated rings. The first-order valence-electron chi connectivity index (χ1n) is 8.05. The highest BCUT2D eigenvalue weighted by Crippen LogP contribution is 2.29. The van der Waals surface area contributed by atoms with E-state index < -0.39 is 5.82 Å². The van der Waals surface area contributed by atoms with E-state index in [4.69, 9.17) is 0 Å². The fourth-order valence-electron chi connectivity index (χ4n) is 2.76. The molecule has 4 N–H and O–H groups in total. The van der Waals surface area contributed by atoms with Gasteiger partial charge in [-0.1, -0.05) is 0 Å². The number of halogens is 1. The zero-order valence-electron chi connectivity index (χ0n) is 14.1. The molecule has 0 saturated heterocycles. The van der Waals surface area contributed by atoms with Gasteiger partial charge in [0.1, 0.15) is 23.6 Å². The Morgan fingerprint density at radius 1 is 1.27 bits per heavy atom. The first-order valence-corrected chi connectivity index (χ1v) is 8.05. The van der Waals surface area contributed by atoms with Crippen LogP contribution in [0.4, 0.5) is 15.9 Å². The van der Waals surface area contributed by atoms with Crippen molar-refractivity contribution in [3.05, 3.63) is 42.2 Å². The van der Waals surface area contributed by atoms with Crippen LogP contribution in [0.15, 0.2) is 30.9 Å². The van der Waals surface area contributed by atoms with Gasteiger partial charge in [-0.3, -0.25) is 9.89 Å². The number of amides is 1. The lowest BCUT2D eigenvalue weighted by molar-refractivity contribution is 0.0945. The summed E-state index contributed by atoms with van der Waals surface area (Å²) in [5.74, 6) is -0.376. The van der Waals surface area contributed by atoms with Crippen molar-refractivity contribution in [3.8, 4) is 0 Å². The van der Waals surface area contributed by atoms with Crippen molar-refractivity contribution < 1.29 is 9.18 Å². The lowest BCUT2D eigenvalue weighted by atomic mass is 10.2. The Morgan fingerprint density at radius 3 is 2.92 bits per heavy atom. The minimum Gasteiger partial charge on any atom is -0.350 e. The van der Waals surface area contributed by atoms with E-state index in [9.17, 15) is 9.18 Å². The molecular weight excluding hydrogens is 337 g/mol. The summed E-state index contributed by atoms with van der Waals surface area (Å²) in [7, 11) is 0. The molecule has 1 amide bonds. The number of anilines is 2. The van der Waals surface area contributed by atoms with Gasteiger partial charge in [-0.15, -0.1) is 0 Å². The van der Waals surface area contributed by atoms with E-state index in [1.54, 1.807) is 18.5 Å². The third-order valence-corrected chi connectivity index (χ3v) is 3.92. The Morgan fingerprint density at radius 2 is 2.12 bits per heavy atom. The lowest BCUT2D eigenvalue weighted by Gasteiger charge is -2.10. The van der Waals surface area contributed by atoms with Crippen LogP contribution >= 0.6 is 0 Å². The average Bonchev–Trinajstić information content (AvgIpc) is 3.21. The summed E-state index contributed by atoms with van der Waals surface area (Å²) in [6.07, 6.45) is 4.52. The number of nitrogens with one attached hydrogen (secondary N) is 4. The molecule has 0 aliphatic rings. The smallest absolute Gasteiger partial charge is 0.253 e. The second-order valence-corrected chi connectivity index (χ2v) is 6.19. The molecule has 132 valence electrons. The molecule has 1 aromatic carbocycles. The van der Waals surface area contributed by atoms with Gasteiger partial charge in [0.05, 0.1) is 28.4 Å². The van der Waals surface area contributed by atoms with Crippen molar-refractivity contribution >= 4 is 39.3 Å².